The molecule has 0 fully saturated rings. The van der Waals surface area contributed by atoms with Crippen LogP contribution in [0.25, 0.3) is 0 Å². The van der Waals surface area contributed by atoms with Crippen LogP contribution in [0.2, 0.25) is 0 Å². The van der Waals surface area contributed by atoms with Crippen molar-refractivity contribution >= 4 is 0 Å². The maximum Gasteiger partial charge on any atom is 0.258 e. The van der Waals surface area contributed by atoms with E-state index < -0.39 is 0 Å². The minimum absolute atomic E-state index is 0.609. The van der Waals surface area contributed by atoms with E-state index in [9.17, 15) is 0 Å². The Morgan fingerprint density at radius 1 is 0.613 bits per heavy atom. The van der Waals surface area contributed by atoms with Gasteiger partial charge in [0.15, 0.2) is 0 Å². The predicted molar refractivity (Wildman–Crippen MR) is 138 cm³/mol. The van der Waals surface area contributed by atoms with Crippen molar-refractivity contribution < 1.29 is 4.57 Å². The lowest BCUT2D eigenvalue weighted by atomic mass is 10.0. The van der Waals surface area contributed by atoms with Gasteiger partial charge in [0.25, 0.3) is 5.82 Å². The minimum atomic E-state index is 0.609. The van der Waals surface area contributed by atoms with Crippen LogP contribution in [0.5, 0.6) is 0 Å². The smallest absolute Gasteiger partial charge is 0.234 e. The van der Waals surface area contributed by atoms with Crippen molar-refractivity contribution in [2.75, 3.05) is 0 Å². The number of nitrogens with zero attached hydrogens (tertiary/aromatic N) is 2. The van der Waals surface area contributed by atoms with Gasteiger partial charge >= 0.3 is 0 Å². The van der Waals surface area contributed by atoms with Crippen molar-refractivity contribution in [3.63, 3.8) is 0 Å². The van der Waals surface area contributed by atoms with Crippen molar-refractivity contribution in [3.8, 4) is 0 Å². The van der Waals surface area contributed by atoms with Gasteiger partial charge in [-0.1, -0.05) is 124 Å². The van der Waals surface area contributed by atoms with Crippen LogP contribution in [0.3, 0.4) is 0 Å². The molecular formula is C29H57N2+. The van der Waals surface area contributed by atoms with Gasteiger partial charge in [-0.05, 0) is 25.7 Å². The van der Waals surface area contributed by atoms with Gasteiger partial charge in [0.05, 0.1) is 19.0 Å². The van der Waals surface area contributed by atoms with E-state index in [-0.39, 0.29) is 0 Å². The first kappa shape index (κ1) is 28.2. The fourth-order valence-corrected chi connectivity index (χ4v) is 4.88. The maximum absolute atomic E-state index is 2.53. The van der Waals surface area contributed by atoms with Crippen molar-refractivity contribution in [1.82, 2.24) is 4.57 Å². The van der Waals surface area contributed by atoms with Gasteiger partial charge in [0.2, 0.25) is 0 Å². The summed E-state index contributed by atoms with van der Waals surface area (Å²) in [5.41, 5.74) is 0. The molecule has 0 aromatic carbocycles. The van der Waals surface area contributed by atoms with E-state index in [1.807, 2.05) is 0 Å². The summed E-state index contributed by atoms with van der Waals surface area (Å²) < 4.78 is 5.05. The lowest BCUT2D eigenvalue weighted by Crippen LogP contribution is -2.38. The number of aromatic nitrogens is 2. The maximum atomic E-state index is 2.53. The van der Waals surface area contributed by atoms with Gasteiger partial charge in [0.1, 0.15) is 12.4 Å². The Balaban J connectivity index is 2.03. The molecule has 1 rings (SSSR count). The molecule has 0 radical (unpaired) electrons. The quantitative estimate of drug-likeness (QED) is 0.127. The molecule has 1 aromatic rings. The lowest BCUT2D eigenvalue weighted by Gasteiger charge is -2.08. The molecule has 0 saturated carbocycles. The van der Waals surface area contributed by atoms with Crippen LogP contribution < -0.4 is 4.57 Å². The van der Waals surface area contributed by atoms with Crippen molar-refractivity contribution in [2.45, 2.75) is 169 Å². The Morgan fingerprint density at radius 2 is 1.03 bits per heavy atom. The number of unbranched alkanes of at least 4 members (excludes halogenated alkanes) is 17. The van der Waals surface area contributed by atoms with Gasteiger partial charge < -0.3 is 0 Å². The second kappa shape index (κ2) is 19.9. The van der Waals surface area contributed by atoms with Crippen LogP contribution in [-0.4, -0.2) is 4.57 Å². The SMILES string of the molecule is CCCCCCCCCCCCCCCCC[n+]1ccn(CCCCCC)c1C(C)C. The van der Waals surface area contributed by atoms with Gasteiger partial charge in [-0.3, -0.25) is 0 Å². The van der Waals surface area contributed by atoms with Gasteiger partial charge in [0, 0.05) is 0 Å². The molecule has 0 aliphatic rings. The molecule has 1 aromatic heterocycles. The number of rotatable bonds is 22. The average Bonchev–Trinajstić information content (AvgIpc) is 3.17. The minimum Gasteiger partial charge on any atom is -0.234 e. The Kier molecular flexibility index (Phi) is 18.1. The van der Waals surface area contributed by atoms with Crippen LogP contribution in [0.4, 0.5) is 0 Å². The number of hydrogen-bond donors (Lipinski definition) is 0. The van der Waals surface area contributed by atoms with Crippen molar-refractivity contribution in [2.24, 2.45) is 0 Å². The highest BCUT2D eigenvalue weighted by Crippen LogP contribution is 2.15. The van der Waals surface area contributed by atoms with E-state index in [4.69, 9.17) is 0 Å². The molecule has 182 valence electrons. The molecular weight excluding hydrogens is 376 g/mol. The Morgan fingerprint density at radius 3 is 1.48 bits per heavy atom. The van der Waals surface area contributed by atoms with E-state index in [1.165, 1.54) is 141 Å². The zero-order chi connectivity index (χ0) is 22.6. The zero-order valence-corrected chi connectivity index (χ0v) is 22.0. The number of aryl methyl sites for hydroxylation is 2. The Bertz CT molecular complexity index is 503. The van der Waals surface area contributed by atoms with Gasteiger partial charge in [-0.2, -0.15) is 0 Å². The van der Waals surface area contributed by atoms with Crippen LogP contribution in [-0.2, 0) is 13.1 Å². The summed E-state index contributed by atoms with van der Waals surface area (Å²) in [6, 6.07) is 0. The van der Waals surface area contributed by atoms with Crippen molar-refractivity contribution in [1.29, 1.82) is 0 Å². The summed E-state index contributed by atoms with van der Waals surface area (Å²) in [6.07, 6.45) is 31.6. The third-order valence-corrected chi connectivity index (χ3v) is 6.79. The topological polar surface area (TPSA) is 8.81 Å². The second-order valence-electron chi connectivity index (χ2n) is 10.2. The molecule has 0 aliphatic carbocycles. The van der Waals surface area contributed by atoms with Gasteiger partial charge in [-0.15, -0.1) is 0 Å². The summed E-state index contributed by atoms with van der Waals surface area (Å²) in [6.45, 7) is 11.7. The summed E-state index contributed by atoms with van der Waals surface area (Å²) in [7, 11) is 0. The Hall–Kier alpha value is -0.790. The fraction of sp³-hybridized carbons (Fsp3) is 0.897. The highest BCUT2D eigenvalue weighted by Gasteiger charge is 2.19. The molecule has 0 aliphatic heterocycles. The van der Waals surface area contributed by atoms with E-state index in [0.29, 0.717) is 5.92 Å². The van der Waals surface area contributed by atoms with Crippen LogP contribution >= 0.6 is 0 Å². The standard InChI is InChI=1S/C29H57N2/c1-5-7-9-11-12-13-14-15-16-17-18-19-20-21-23-25-31-27-26-30(29(31)28(3)4)24-22-10-8-6-2/h26-28H,5-25H2,1-4H3/q+1. The molecule has 1 heterocycles. The van der Waals surface area contributed by atoms with E-state index >= 15 is 0 Å². The molecule has 0 amide bonds. The molecule has 31 heavy (non-hydrogen) atoms. The average molecular weight is 434 g/mol. The van der Waals surface area contributed by atoms with E-state index in [2.05, 4.69) is 49.2 Å². The predicted octanol–water partition coefficient (Wildman–Crippen LogP) is 9.35. The van der Waals surface area contributed by atoms with Crippen LogP contribution in [0.1, 0.15) is 161 Å². The van der Waals surface area contributed by atoms with Crippen LogP contribution in [0, 0.1) is 0 Å². The summed E-state index contributed by atoms with van der Waals surface area (Å²) in [5, 5.41) is 0. The van der Waals surface area contributed by atoms with Crippen molar-refractivity contribution in [3.05, 3.63) is 18.2 Å². The largest absolute Gasteiger partial charge is 0.258 e. The molecule has 0 unspecified atom stereocenters. The molecule has 2 nitrogen and oxygen atoms in total. The van der Waals surface area contributed by atoms with Gasteiger partial charge in [-0.25, -0.2) is 9.13 Å². The molecule has 0 spiro atoms. The molecule has 0 saturated heterocycles. The summed E-state index contributed by atoms with van der Waals surface area (Å²) >= 11 is 0. The summed E-state index contributed by atoms with van der Waals surface area (Å²) in [5.74, 6) is 2.14. The normalized spacial score (nSPS) is 11.6. The molecule has 0 atom stereocenters. The monoisotopic (exact) mass is 433 g/mol. The first-order chi connectivity index (χ1) is 15.2. The first-order valence-electron chi connectivity index (χ1n) is 14.3. The highest BCUT2D eigenvalue weighted by molar-refractivity contribution is 4.89. The number of hydrogen-bond acceptors (Lipinski definition) is 0. The van der Waals surface area contributed by atoms with E-state index in [0.717, 1.165) is 0 Å². The second-order valence-corrected chi connectivity index (χ2v) is 10.2. The van der Waals surface area contributed by atoms with Crippen LogP contribution in [0.15, 0.2) is 12.4 Å². The molecule has 2 heteroatoms. The molecule has 0 N–H and O–H groups in total. The first-order valence-corrected chi connectivity index (χ1v) is 14.3. The highest BCUT2D eigenvalue weighted by atomic mass is 15.1. The summed E-state index contributed by atoms with van der Waals surface area (Å²) in [4.78, 5) is 0. The fourth-order valence-electron chi connectivity index (χ4n) is 4.88. The Labute approximate surface area is 196 Å². The molecule has 0 bridgehead atoms. The zero-order valence-electron chi connectivity index (χ0n) is 22.0. The number of imidazole rings is 1. The third kappa shape index (κ3) is 14.1. The third-order valence-electron chi connectivity index (χ3n) is 6.79. The van der Waals surface area contributed by atoms with E-state index in [1.54, 1.807) is 0 Å². The lowest BCUT2D eigenvalue weighted by molar-refractivity contribution is -0.705.